The Bertz CT molecular complexity index is 1150. The first kappa shape index (κ1) is 18.4. The zero-order valence-corrected chi connectivity index (χ0v) is 15.6. The van der Waals surface area contributed by atoms with Gasteiger partial charge in [0.2, 0.25) is 0 Å². The summed E-state index contributed by atoms with van der Waals surface area (Å²) in [6.45, 7) is -0.223. The van der Waals surface area contributed by atoms with Gasteiger partial charge in [0, 0.05) is 11.1 Å². The van der Waals surface area contributed by atoms with Gasteiger partial charge in [-0.3, -0.25) is 4.79 Å². The van der Waals surface area contributed by atoms with Crippen LogP contribution in [0.15, 0.2) is 97.1 Å². The Morgan fingerprint density at radius 3 is 2.00 bits per heavy atom. The quantitative estimate of drug-likeness (QED) is 0.266. The van der Waals surface area contributed by atoms with E-state index in [0.717, 1.165) is 10.8 Å². The molecule has 0 heterocycles. The van der Waals surface area contributed by atoms with E-state index in [9.17, 15) is 9.59 Å². The molecule has 0 bridgehead atoms. The number of esters is 1. The number of hydrogen-bond acceptors (Lipinski definition) is 4. The number of hydrogen-bond donors (Lipinski definition) is 0. The first-order chi connectivity index (χ1) is 14.2. The lowest BCUT2D eigenvalue weighted by Crippen LogP contribution is -2.17. The van der Waals surface area contributed by atoms with Crippen molar-refractivity contribution in [2.24, 2.45) is 0 Å². The summed E-state index contributed by atoms with van der Waals surface area (Å²) in [6.07, 6.45) is 0. The monoisotopic (exact) mass is 382 g/mol. The average molecular weight is 382 g/mol. The summed E-state index contributed by atoms with van der Waals surface area (Å²) in [5.41, 5.74) is 1.18. The van der Waals surface area contributed by atoms with Gasteiger partial charge in [-0.1, -0.05) is 60.7 Å². The first-order valence-electron chi connectivity index (χ1n) is 9.21. The average Bonchev–Trinajstić information content (AvgIpc) is 2.78. The maximum absolute atomic E-state index is 12.4. The largest absolute Gasteiger partial charge is 0.482 e. The van der Waals surface area contributed by atoms with Crippen LogP contribution in [-0.2, 0) is 4.79 Å². The van der Waals surface area contributed by atoms with Crippen LogP contribution >= 0.6 is 0 Å². The maximum atomic E-state index is 12.4. The molecule has 0 aromatic heterocycles. The molecule has 4 aromatic rings. The molecular formula is C25H18O4. The zero-order valence-electron chi connectivity index (χ0n) is 15.6. The number of benzene rings is 4. The molecule has 0 aliphatic carbocycles. The third-order valence-corrected chi connectivity index (χ3v) is 4.46. The number of ether oxygens (including phenoxy) is 2. The van der Waals surface area contributed by atoms with Crippen LogP contribution in [-0.4, -0.2) is 18.4 Å². The normalized spacial score (nSPS) is 10.5. The van der Waals surface area contributed by atoms with Crippen molar-refractivity contribution in [3.05, 3.63) is 108 Å². The fourth-order valence-electron chi connectivity index (χ4n) is 2.99. The highest BCUT2D eigenvalue weighted by molar-refractivity contribution is 6.09. The van der Waals surface area contributed by atoms with Crippen LogP contribution in [0.1, 0.15) is 15.9 Å². The predicted molar refractivity (Wildman–Crippen MR) is 111 cm³/mol. The van der Waals surface area contributed by atoms with E-state index in [0.29, 0.717) is 22.6 Å². The summed E-state index contributed by atoms with van der Waals surface area (Å²) in [5, 5.41) is 2.08. The van der Waals surface area contributed by atoms with Gasteiger partial charge in [-0.05, 0) is 47.2 Å². The summed E-state index contributed by atoms with van der Waals surface area (Å²) in [6, 6.07) is 29.1. The molecule has 4 aromatic carbocycles. The van der Waals surface area contributed by atoms with Crippen molar-refractivity contribution in [2.75, 3.05) is 6.61 Å². The van der Waals surface area contributed by atoms with Crippen LogP contribution in [0.2, 0.25) is 0 Å². The fraction of sp³-hybridized carbons (Fsp3) is 0.0400. The van der Waals surface area contributed by atoms with E-state index in [1.807, 2.05) is 54.6 Å². The minimum Gasteiger partial charge on any atom is -0.482 e. The smallest absolute Gasteiger partial charge is 0.349 e. The molecule has 0 aliphatic rings. The molecule has 0 radical (unpaired) electrons. The fourth-order valence-corrected chi connectivity index (χ4v) is 2.99. The highest BCUT2D eigenvalue weighted by Gasteiger charge is 2.10. The van der Waals surface area contributed by atoms with Gasteiger partial charge < -0.3 is 9.47 Å². The third-order valence-electron chi connectivity index (χ3n) is 4.46. The number of carbonyl (C=O) groups excluding carboxylic acids is 2. The number of ketones is 1. The molecular weight excluding hydrogens is 364 g/mol. The molecule has 0 saturated carbocycles. The minimum absolute atomic E-state index is 0.0622. The highest BCUT2D eigenvalue weighted by atomic mass is 16.6. The molecule has 4 nitrogen and oxygen atoms in total. The first-order valence-corrected chi connectivity index (χ1v) is 9.21. The van der Waals surface area contributed by atoms with Crippen molar-refractivity contribution in [1.82, 2.24) is 0 Å². The Morgan fingerprint density at radius 1 is 0.621 bits per heavy atom. The molecule has 0 atom stereocenters. The molecule has 0 spiro atoms. The lowest BCUT2D eigenvalue weighted by Gasteiger charge is -2.08. The van der Waals surface area contributed by atoms with Crippen LogP contribution in [0, 0.1) is 0 Å². The Hall–Kier alpha value is -3.92. The van der Waals surface area contributed by atoms with Crippen LogP contribution < -0.4 is 9.47 Å². The van der Waals surface area contributed by atoms with Gasteiger partial charge in [0.25, 0.3) is 0 Å². The number of carbonyl (C=O) groups is 2. The van der Waals surface area contributed by atoms with E-state index in [-0.39, 0.29) is 12.4 Å². The molecule has 0 aliphatic heterocycles. The SMILES string of the molecule is O=C(COc1ccc(C(=O)c2ccccc2)cc1)Oc1ccc2ccccc2c1. The van der Waals surface area contributed by atoms with E-state index >= 15 is 0 Å². The molecule has 4 rings (SSSR count). The van der Waals surface area contributed by atoms with Crippen molar-refractivity contribution in [3.8, 4) is 11.5 Å². The third kappa shape index (κ3) is 4.50. The van der Waals surface area contributed by atoms with Crippen LogP contribution in [0.3, 0.4) is 0 Å². The Kier molecular flexibility index (Phi) is 5.34. The van der Waals surface area contributed by atoms with Crippen LogP contribution in [0.5, 0.6) is 11.5 Å². The Morgan fingerprint density at radius 2 is 1.24 bits per heavy atom. The van der Waals surface area contributed by atoms with Crippen molar-refractivity contribution < 1.29 is 19.1 Å². The van der Waals surface area contributed by atoms with Gasteiger partial charge in [-0.2, -0.15) is 0 Å². The second-order valence-corrected chi connectivity index (χ2v) is 6.49. The van der Waals surface area contributed by atoms with Gasteiger partial charge in [0.15, 0.2) is 12.4 Å². The summed E-state index contributed by atoms with van der Waals surface area (Å²) in [7, 11) is 0. The van der Waals surface area contributed by atoms with Crippen molar-refractivity contribution in [2.45, 2.75) is 0 Å². The number of fused-ring (bicyclic) bond motifs is 1. The van der Waals surface area contributed by atoms with Crippen molar-refractivity contribution >= 4 is 22.5 Å². The van der Waals surface area contributed by atoms with E-state index in [1.54, 1.807) is 42.5 Å². The van der Waals surface area contributed by atoms with Gasteiger partial charge in [-0.15, -0.1) is 0 Å². The maximum Gasteiger partial charge on any atom is 0.349 e. The summed E-state index contributed by atoms with van der Waals surface area (Å²) in [4.78, 5) is 24.5. The summed E-state index contributed by atoms with van der Waals surface area (Å²) < 4.78 is 10.8. The van der Waals surface area contributed by atoms with Crippen molar-refractivity contribution in [3.63, 3.8) is 0 Å². The Balaban J connectivity index is 1.34. The minimum atomic E-state index is -0.496. The molecule has 0 amide bonds. The van der Waals surface area contributed by atoms with Crippen LogP contribution in [0.4, 0.5) is 0 Å². The summed E-state index contributed by atoms with van der Waals surface area (Å²) >= 11 is 0. The van der Waals surface area contributed by atoms with E-state index in [4.69, 9.17) is 9.47 Å². The molecule has 0 fully saturated rings. The second kappa shape index (κ2) is 8.40. The zero-order chi connectivity index (χ0) is 20.1. The van der Waals surface area contributed by atoms with Gasteiger partial charge in [0.1, 0.15) is 11.5 Å². The predicted octanol–water partition coefficient (Wildman–Crippen LogP) is 5.06. The molecule has 142 valence electrons. The van der Waals surface area contributed by atoms with Gasteiger partial charge in [-0.25, -0.2) is 4.79 Å². The van der Waals surface area contributed by atoms with E-state index in [1.165, 1.54) is 0 Å². The highest BCUT2D eigenvalue weighted by Crippen LogP contribution is 2.21. The van der Waals surface area contributed by atoms with Crippen molar-refractivity contribution in [1.29, 1.82) is 0 Å². The summed E-state index contributed by atoms with van der Waals surface area (Å²) in [5.74, 6) is 0.406. The molecule has 0 saturated heterocycles. The van der Waals surface area contributed by atoms with E-state index in [2.05, 4.69) is 0 Å². The molecule has 29 heavy (non-hydrogen) atoms. The molecule has 0 N–H and O–H groups in total. The standard InChI is InChI=1S/C25H18O4/c26-24(29-23-15-10-18-6-4-5-9-21(18)16-23)17-28-22-13-11-20(12-14-22)25(27)19-7-2-1-3-8-19/h1-16H,17H2. The lowest BCUT2D eigenvalue weighted by molar-refractivity contribution is -0.136. The van der Waals surface area contributed by atoms with Gasteiger partial charge >= 0.3 is 5.97 Å². The van der Waals surface area contributed by atoms with Crippen LogP contribution in [0.25, 0.3) is 10.8 Å². The van der Waals surface area contributed by atoms with Gasteiger partial charge in [0.05, 0.1) is 0 Å². The second-order valence-electron chi connectivity index (χ2n) is 6.49. The van der Waals surface area contributed by atoms with E-state index < -0.39 is 5.97 Å². The Labute approximate surface area is 168 Å². The lowest BCUT2D eigenvalue weighted by atomic mass is 10.0. The topological polar surface area (TPSA) is 52.6 Å². The number of rotatable bonds is 6. The molecule has 0 unspecified atom stereocenters. The molecule has 4 heteroatoms.